The summed E-state index contributed by atoms with van der Waals surface area (Å²) in [5.41, 5.74) is 1.63. The van der Waals surface area contributed by atoms with Gasteiger partial charge in [-0.1, -0.05) is 30.3 Å². The molecular weight excluding hydrogens is 328 g/mol. The van der Waals surface area contributed by atoms with Gasteiger partial charge < -0.3 is 15.1 Å². The maximum absolute atomic E-state index is 12.3. The molecular formula is C20H22N4O2. The van der Waals surface area contributed by atoms with Gasteiger partial charge in [0.2, 0.25) is 0 Å². The van der Waals surface area contributed by atoms with Crippen LogP contribution >= 0.6 is 0 Å². The molecule has 26 heavy (non-hydrogen) atoms. The minimum absolute atomic E-state index is 0.190. The van der Waals surface area contributed by atoms with E-state index in [0.29, 0.717) is 30.4 Å². The van der Waals surface area contributed by atoms with Crippen LogP contribution in [0.1, 0.15) is 34.1 Å². The molecule has 1 aromatic carbocycles. The lowest BCUT2D eigenvalue weighted by atomic mass is 10.1. The Balaban J connectivity index is 1.51. The normalized spacial score (nSPS) is 10.5. The maximum atomic E-state index is 12.3. The highest BCUT2D eigenvalue weighted by atomic mass is 16.3. The summed E-state index contributed by atoms with van der Waals surface area (Å²) >= 11 is 0. The molecule has 0 saturated heterocycles. The monoisotopic (exact) mass is 350 g/mol. The summed E-state index contributed by atoms with van der Waals surface area (Å²) in [6, 6.07) is 15.6. The van der Waals surface area contributed by atoms with Crippen molar-refractivity contribution in [2.24, 2.45) is 0 Å². The molecule has 0 aliphatic rings. The summed E-state index contributed by atoms with van der Waals surface area (Å²) in [5, 5.41) is 6.06. The van der Waals surface area contributed by atoms with Gasteiger partial charge in [-0.05, 0) is 37.5 Å². The van der Waals surface area contributed by atoms with E-state index < -0.39 is 0 Å². The molecule has 2 N–H and O–H groups in total. The first-order chi connectivity index (χ1) is 12.7. The Morgan fingerprint density at radius 2 is 1.96 bits per heavy atom. The van der Waals surface area contributed by atoms with Gasteiger partial charge >= 0.3 is 0 Å². The van der Waals surface area contributed by atoms with Crippen LogP contribution in [-0.4, -0.2) is 22.4 Å². The maximum Gasteiger partial charge on any atom is 0.270 e. The molecule has 0 aliphatic carbocycles. The van der Waals surface area contributed by atoms with E-state index in [-0.39, 0.29) is 5.91 Å². The van der Waals surface area contributed by atoms with Crippen molar-refractivity contribution in [3.8, 4) is 0 Å². The molecule has 2 aromatic heterocycles. The Kier molecular flexibility index (Phi) is 5.98. The van der Waals surface area contributed by atoms with E-state index in [0.717, 1.165) is 18.6 Å². The second-order valence-corrected chi connectivity index (χ2v) is 5.96. The Morgan fingerprint density at radius 1 is 1.12 bits per heavy atom. The molecule has 0 radical (unpaired) electrons. The number of nitrogens with one attached hydrogen (secondary N) is 2. The van der Waals surface area contributed by atoms with E-state index in [1.807, 2.05) is 30.3 Å². The van der Waals surface area contributed by atoms with E-state index in [9.17, 15) is 4.79 Å². The van der Waals surface area contributed by atoms with E-state index in [1.54, 1.807) is 19.3 Å². The molecule has 0 saturated carbocycles. The molecule has 0 unspecified atom stereocenters. The lowest BCUT2D eigenvalue weighted by Gasteiger charge is -2.08. The zero-order valence-corrected chi connectivity index (χ0v) is 14.7. The van der Waals surface area contributed by atoms with Gasteiger partial charge in [-0.25, -0.2) is 9.97 Å². The molecule has 0 spiro atoms. The van der Waals surface area contributed by atoms with E-state index >= 15 is 0 Å². The number of carbonyl (C=O) groups excluding carboxylic acids is 1. The average molecular weight is 350 g/mol. The molecule has 0 aliphatic heterocycles. The SMILES string of the molecule is Cc1nc(NCc2ccco2)cc(C(=O)NCCCc2ccccc2)n1. The average Bonchev–Trinajstić information content (AvgIpc) is 3.17. The molecule has 0 atom stereocenters. The third kappa shape index (κ3) is 5.17. The predicted octanol–water partition coefficient (Wildman–Crippen LogP) is 3.35. The Labute approximate surface area is 152 Å². The second-order valence-electron chi connectivity index (χ2n) is 5.96. The number of rotatable bonds is 8. The quantitative estimate of drug-likeness (QED) is 0.609. The first kappa shape index (κ1) is 17.7. The highest BCUT2D eigenvalue weighted by molar-refractivity contribution is 5.92. The Hall–Kier alpha value is -3.15. The summed E-state index contributed by atoms with van der Waals surface area (Å²) in [7, 11) is 0. The van der Waals surface area contributed by atoms with E-state index in [2.05, 4.69) is 32.7 Å². The summed E-state index contributed by atoms with van der Waals surface area (Å²) in [5.74, 6) is 1.75. The smallest absolute Gasteiger partial charge is 0.270 e. The van der Waals surface area contributed by atoms with Gasteiger partial charge in [0.15, 0.2) is 0 Å². The van der Waals surface area contributed by atoms with Gasteiger partial charge in [0.25, 0.3) is 5.91 Å². The highest BCUT2D eigenvalue weighted by Gasteiger charge is 2.10. The number of anilines is 1. The van der Waals surface area contributed by atoms with Gasteiger partial charge in [0.1, 0.15) is 23.1 Å². The van der Waals surface area contributed by atoms with Crippen LogP contribution in [0.15, 0.2) is 59.2 Å². The number of amides is 1. The van der Waals surface area contributed by atoms with Gasteiger partial charge in [-0.2, -0.15) is 0 Å². The summed E-state index contributed by atoms with van der Waals surface area (Å²) in [6.45, 7) is 2.87. The zero-order valence-electron chi connectivity index (χ0n) is 14.7. The van der Waals surface area contributed by atoms with Gasteiger partial charge in [0.05, 0.1) is 12.8 Å². The first-order valence-electron chi connectivity index (χ1n) is 8.65. The van der Waals surface area contributed by atoms with Gasteiger partial charge in [-0.15, -0.1) is 0 Å². The van der Waals surface area contributed by atoms with E-state index in [1.165, 1.54) is 5.56 Å². The molecule has 3 aromatic rings. The van der Waals surface area contributed by atoms with Crippen molar-refractivity contribution in [2.45, 2.75) is 26.3 Å². The molecule has 1 amide bonds. The number of nitrogens with zero attached hydrogens (tertiary/aromatic N) is 2. The van der Waals surface area contributed by atoms with Crippen LogP contribution < -0.4 is 10.6 Å². The van der Waals surface area contributed by atoms with Gasteiger partial charge in [0, 0.05) is 12.6 Å². The summed E-state index contributed by atoms with van der Waals surface area (Å²) < 4.78 is 5.28. The summed E-state index contributed by atoms with van der Waals surface area (Å²) in [4.78, 5) is 20.9. The summed E-state index contributed by atoms with van der Waals surface area (Å²) in [6.07, 6.45) is 3.43. The third-order valence-corrected chi connectivity index (χ3v) is 3.87. The van der Waals surface area contributed by atoms with Crippen molar-refractivity contribution >= 4 is 11.7 Å². The van der Waals surface area contributed by atoms with Crippen molar-refractivity contribution in [3.05, 3.63) is 77.6 Å². The number of benzene rings is 1. The Bertz CT molecular complexity index is 832. The van der Waals surface area contributed by atoms with E-state index in [4.69, 9.17) is 4.42 Å². The van der Waals surface area contributed by atoms with Crippen molar-refractivity contribution in [1.29, 1.82) is 0 Å². The molecule has 0 bridgehead atoms. The molecule has 6 heteroatoms. The van der Waals surface area contributed by atoms with Crippen molar-refractivity contribution in [3.63, 3.8) is 0 Å². The van der Waals surface area contributed by atoms with Crippen LogP contribution in [0, 0.1) is 6.92 Å². The topological polar surface area (TPSA) is 80.0 Å². The predicted molar refractivity (Wildman–Crippen MR) is 99.9 cm³/mol. The largest absolute Gasteiger partial charge is 0.467 e. The lowest BCUT2D eigenvalue weighted by Crippen LogP contribution is -2.26. The van der Waals surface area contributed by atoms with Crippen LogP contribution in [-0.2, 0) is 13.0 Å². The number of aromatic nitrogens is 2. The third-order valence-electron chi connectivity index (χ3n) is 3.87. The fraction of sp³-hybridized carbons (Fsp3) is 0.250. The van der Waals surface area contributed by atoms with Crippen LogP contribution in [0.2, 0.25) is 0 Å². The fourth-order valence-electron chi connectivity index (χ4n) is 2.60. The van der Waals surface area contributed by atoms with Crippen LogP contribution in [0.4, 0.5) is 5.82 Å². The fourth-order valence-corrected chi connectivity index (χ4v) is 2.60. The zero-order chi connectivity index (χ0) is 18.2. The number of hydrogen-bond donors (Lipinski definition) is 2. The Morgan fingerprint density at radius 3 is 2.73 bits per heavy atom. The first-order valence-corrected chi connectivity index (χ1v) is 8.65. The lowest BCUT2D eigenvalue weighted by molar-refractivity contribution is 0.0948. The minimum Gasteiger partial charge on any atom is -0.467 e. The number of hydrogen-bond acceptors (Lipinski definition) is 5. The van der Waals surface area contributed by atoms with Crippen molar-refractivity contribution < 1.29 is 9.21 Å². The van der Waals surface area contributed by atoms with Crippen LogP contribution in [0.25, 0.3) is 0 Å². The van der Waals surface area contributed by atoms with Crippen LogP contribution in [0.3, 0.4) is 0 Å². The molecule has 6 nitrogen and oxygen atoms in total. The van der Waals surface area contributed by atoms with Gasteiger partial charge in [-0.3, -0.25) is 4.79 Å². The molecule has 2 heterocycles. The molecule has 3 rings (SSSR count). The highest BCUT2D eigenvalue weighted by Crippen LogP contribution is 2.10. The number of furan rings is 1. The molecule has 134 valence electrons. The number of aryl methyl sites for hydroxylation is 2. The standard InChI is InChI=1S/C20H22N4O2/c1-15-23-18(13-19(24-15)22-14-17-10-6-12-26-17)20(25)21-11-5-9-16-7-3-2-4-8-16/h2-4,6-8,10,12-13H,5,9,11,14H2,1H3,(H,21,25)(H,22,23,24). The molecule has 0 fully saturated rings. The van der Waals surface area contributed by atoms with Crippen LogP contribution in [0.5, 0.6) is 0 Å². The second kappa shape index (κ2) is 8.80. The van der Waals surface area contributed by atoms with Crippen molar-refractivity contribution in [1.82, 2.24) is 15.3 Å². The van der Waals surface area contributed by atoms with Crippen molar-refractivity contribution in [2.75, 3.05) is 11.9 Å². The number of carbonyl (C=O) groups is 1. The minimum atomic E-state index is -0.190.